The number of carbonyl (C=O) groups is 1. The first-order valence-electron chi connectivity index (χ1n) is 5.20. The molecule has 0 aliphatic heterocycles. The van der Waals surface area contributed by atoms with Gasteiger partial charge in [0.25, 0.3) is 0 Å². The molecule has 2 aromatic rings. The van der Waals surface area contributed by atoms with E-state index in [-0.39, 0.29) is 12.6 Å². The van der Waals surface area contributed by atoms with Crippen LogP contribution >= 0.6 is 0 Å². The van der Waals surface area contributed by atoms with Crippen LogP contribution < -0.4 is 10.6 Å². The first-order valence-corrected chi connectivity index (χ1v) is 5.20. The second-order valence-corrected chi connectivity index (χ2v) is 3.53. The molecular weight excluding hydrogens is 214 g/mol. The Morgan fingerprint density at radius 1 is 1.18 bits per heavy atom. The van der Waals surface area contributed by atoms with Gasteiger partial charge >= 0.3 is 6.03 Å². The van der Waals surface area contributed by atoms with E-state index in [2.05, 4.69) is 10.6 Å². The summed E-state index contributed by atoms with van der Waals surface area (Å²) in [5, 5.41) is 15.6. The van der Waals surface area contributed by atoms with E-state index in [4.69, 9.17) is 5.26 Å². The molecule has 2 amide bonds. The van der Waals surface area contributed by atoms with Crippen molar-refractivity contribution in [3.05, 3.63) is 42.5 Å². The fraction of sp³-hybridized carbons (Fsp3) is 0.0769. The number of amides is 2. The lowest BCUT2D eigenvalue weighted by Gasteiger charge is -2.06. The predicted octanol–water partition coefficient (Wildman–Crippen LogP) is 2.48. The Hall–Kier alpha value is -2.54. The van der Waals surface area contributed by atoms with E-state index >= 15 is 0 Å². The summed E-state index contributed by atoms with van der Waals surface area (Å²) in [7, 11) is 0. The van der Waals surface area contributed by atoms with Crippen LogP contribution in [0.5, 0.6) is 0 Å². The van der Waals surface area contributed by atoms with E-state index in [1.165, 1.54) is 0 Å². The number of urea groups is 1. The molecule has 2 rings (SSSR count). The van der Waals surface area contributed by atoms with E-state index in [1.54, 1.807) is 0 Å². The van der Waals surface area contributed by atoms with Gasteiger partial charge in [-0.05, 0) is 22.9 Å². The van der Waals surface area contributed by atoms with Crippen LogP contribution in [-0.2, 0) is 0 Å². The zero-order valence-corrected chi connectivity index (χ0v) is 9.10. The summed E-state index contributed by atoms with van der Waals surface area (Å²) in [6, 6.07) is 15.0. The molecule has 0 aliphatic carbocycles. The Morgan fingerprint density at radius 2 is 1.94 bits per heavy atom. The Balaban J connectivity index is 2.14. The predicted molar refractivity (Wildman–Crippen MR) is 66.6 cm³/mol. The zero-order chi connectivity index (χ0) is 12.1. The summed E-state index contributed by atoms with van der Waals surface area (Å²) >= 11 is 0. The van der Waals surface area contributed by atoms with Gasteiger partial charge in [0.05, 0.1) is 6.07 Å². The summed E-state index contributed by atoms with van der Waals surface area (Å²) < 4.78 is 0. The lowest BCUT2D eigenvalue weighted by molar-refractivity contribution is 0.253. The van der Waals surface area contributed by atoms with Crippen molar-refractivity contribution in [2.24, 2.45) is 0 Å². The highest BCUT2D eigenvalue weighted by atomic mass is 16.2. The number of hydrogen-bond donors (Lipinski definition) is 2. The third kappa shape index (κ3) is 2.73. The number of benzene rings is 2. The zero-order valence-electron chi connectivity index (χ0n) is 9.10. The van der Waals surface area contributed by atoms with E-state index < -0.39 is 0 Å². The largest absolute Gasteiger partial charge is 0.325 e. The van der Waals surface area contributed by atoms with Crippen molar-refractivity contribution in [2.75, 3.05) is 11.9 Å². The van der Waals surface area contributed by atoms with Gasteiger partial charge in [0.15, 0.2) is 0 Å². The van der Waals surface area contributed by atoms with Crippen LogP contribution in [0.25, 0.3) is 10.8 Å². The molecule has 0 bridgehead atoms. The standard InChI is InChI=1S/C13H11N3O/c14-7-8-15-13(17)16-12-6-5-10-3-1-2-4-11(10)9-12/h1-6,9H,8H2,(H2,15,16,17). The van der Waals surface area contributed by atoms with Crippen LogP contribution in [0.3, 0.4) is 0 Å². The molecule has 17 heavy (non-hydrogen) atoms. The number of nitriles is 1. The minimum absolute atomic E-state index is 0.000581. The summed E-state index contributed by atoms with van der Waals surface area (Å²) in [4.78, 5) is 11.3. The van der Waals surface area contributed by atoms with Gasteiger partial charge in [0.2, 0.25) is 0 Å². The molecule has 0 fully saturated rings. The molecule has 0 saturated heterocycles. The average Bonchev–Trinajstić information content (AvgIpc) is 2.36. The van der Waals surface area contributed by atoms with Crippen LogP contribution in [0.1, 0.15) is 0 Å². The number of nitrogens with zero attached hydrogens (tertiary/aromatic N) is 1. The Kier molecular flexibility index (Phi) is 3.22. The molecule has 84 valence electrons. The molecule has 4 heteroatoms. The summed E-state index contributed by atoms with van der Waals surface area (Å²) in [6.07, 6.45) is 0. The van der Waals surface area contributed by atoms with Crippen molar-refractivity contribution >= 4 is 22.5 Å². The highest BCUT2D eigenvalue weighted by Crippen LogP contribution is 2.18. The van der Waals surface area contributed by atoms with Crippen molar-refractivity contribution in [3.8, 4) is 6.07 Å². The van der Waals surface area contributed by atoms with Gasteiger partial charge in [-0.3, -0.25) is 0 Å². The van der Waals surface area contributed by atoms with E-state index in [1.807, 2.05) is 48.5 Å². The normalized spacial score (nSPS) is 9.59. The fourth-order valence-electron chi connectivity index (χ4n) is 1.56. The number of nitrogens with one attached hydrogen (secondary N) is 2. The molecule has 0 unspecified atom stereocenters. The molecule has 0 atom stereocenters. The maximum atomic E-state index is 11.3. The lowest BCUT2D eigenvalue weighted by atomic mass is 10.1. The Morgan fingerprint density at radius 3 is 2.71 bits per heavy atom. The number of hydrogen-bond acceptors (Lipinski definition) is 2. The van der Waals surface area contributed by atoms with Crippen molar-refractivity contribution in [3.63, 3.8) is 0 Å². The van der Waals surface area contributed by atoms with Crippen molar-refractivity contribution in [1.82, 2.24) is 5.32 Å². The number of carbonyl (C=O) groups excluding carboxylic acids is 1. The number of anilines is 1. The molecule has 2 aromatic carbocycles. The van der Waals surface area contributed by atoms with E-state index in [0.29, 0.717) is 5.69 Å². The Labute approximate surface area is 98.9 Å². The second kappa shape index (κ2) is 4.99. The van der Waals surface area contributed by atoms with Crippen molar-refractivity contribution in [1.29, 1.82) is 5.26 Å². The van der Waals surface area contributed by atoms with Crippen LogP contribution in [0.15, 0.2) is 42.5 Å². The van der Waals surface area contributed by atoms with Gasteiger partial charge in [-0.1, -0.05) is 30.3 Å². The first-order chi connectivity index (χ1) is 8.29. The monoisotopic (exact) mass is 225 g/mol. The van der Waals surface area contributed by atoms with Crippen LogP contribution in [0, 0.1) is 11.3 Å². The summed E-state index contributed by atoms with van der Waals surface area (Å²) in [6.45, 7) is -0.000581. The highest BCUT2D eigenvalue weighted by Gasteiger charge is 2.01. The quantitative estimate of drug-likeness (QED) is 0.771. The number of rotatable bonds is 2. The first kappa shape index (κ1) is 11.0. The third-order valence-corrected chi connectivity index (χ3v) is 2.34. The molecule has 0 spiro atoms. The minimum atomic E-state index is -0.373. The molecule has 0 radical (unpaired) electrons. The van der Waals surface area contributed by atoms with E-state index in [0.717, 1.165) is 10.8 Å². The van der Waals surface area contributed by atoms with Crippen LogP contribution in [0.4, 0.5) is 10.5 Å². The van der Waals surface area contributed by atoms with Gasteiger partial charge < -0.3 is 10.6 Å². The fourth-order valence-corrected chi connectivity index (χ4v) is 1.56. The topological polar surface area (TPSA) is 64.9 Å². The van der Waals surface area contributed by atoms with Crippen LogP contribution in [0.2, 0.25) is 0 Å². The van der Waals surface area contributed by atoms with Gasteiger partial charge in [-0.15, -0.1) is 0 Å². The van der Waals surface area contributed by atoms with Crippen molar-refractivity contribution < 1.29 is 4.79 Å². The summed E-state index contributed by atoms with van der Waals surface area (Å²) in [5.74, 6) is 0. The Bertz CT molecular complexity index is 586. The molecule has 0 aromatic heterocycles. The molecule has 4 nitrogen and oxygen atoms in total. The number of fused-ring (bicyclic) bond motifs is 1. The second-order valence-electron chi connectivity index (χ2n) is 3.53. The van der Waals surface area contributed by atoms with Crippen LogP contribution in [-0.4, -0.2) is 12.6 Å². The highest BCUT2D eigenvalue weighted by molar-refractivity contribution is 5.93. The maximum absolute atomic E-state index is 11.3. The third-order valence-electron chi connectivity index (χ3n) is 2.34. The minimum Gasteiger partial charge on any atom is -0.325 e. The van der Waals surface area contributed by atoms with Gasteiger partial charge in [0, 0.05) is 5.69 Å². The average molecular weight is 225 g/mol. The van der Waals surface area contributed by atoms with Gasteiger partial charge in [-0.25, -0.2) is 4.79 Å². The smallest absolute Gasteiger partial charge is 0.320 e. The SMILES string of the molecule is N#CCNC(=O)Nc1ccc2ccccc2c1. The van der Waals surface area contributed by atoms with Gasteiger partial charge in [-0.2, -0.15) is 5.26 Å². The molecule has 0 heterocycles. The summed E-state index contributed by atoms with van der Waals surface area (Å²) in [5.41, 5.74) is 0.708. The lowest BCUT2D eigenvalue weighted by Crippen LogP contribution is -2.28. The molecular formula is C13H11N3O. The molecule has 0 aliphatic rings. The van der Waals surface area contributed by atoms with Crippen molar-refractivity contribution in [2.45, 2.75) is 0 Å². The molecule has 2 N–H and O–H groups in total. The van der Waals surface area contributed by atoms with E-state index in [9.17, 15) is 4.79 Å². The van der Waals surface area contributed by atoms with Gasteiger partial charge in [0.1, 0.15) is 6.54 Å². The maximum Gasteiger partial charge on any atom is 0.320 e. The molecule has 0 saturated carbocycles.